The highest BCUT2D eigenvalue weighted by molar-refractivity contribution is 5.81. The fourth-order valence-corrected chi connectivity index (χ4v) is 1.42. The lowest BCUT2D eigenvalue weighted by Gasteiger charge is -2.20. The van der Waals surface area contributed by atoms with Gasteiger partial charge in [0.2, 0.25) is 0 Å². The molecule has 0 fully saturated rings. The van der Waals surface area contributed by atoms with E-state index in [1.807, 2.05) is 0 Å². The lowest BCUT2D eigenvalue weighted by atomic mass is 10.3. The predicted molar refractivity (Wildman–Crippen MR) is 62.2 cm³/mol. The van der Waals surface area contributed by atoms with Crippen molar-refractivity contribution in [1.29, 1.82) is 0 Å². The molecule has 0 atom stereocenters. The summed E-state index contributed by atoms with van der Waals surface area (Å²) >= 11 is 0. The molecule has 0 amide bonds. The van der Waals surface area contributed by atoms with E-state index in [-0.39, 0.29) is 12.4 Å². The van der Waals surface area contributed by atoms with Gasteiger partial charge in [0.05, 0.1) is 6.54 Å². The molecule has 0 rings (SSSR count). The van der Waals surface area contributed by atoms with Crippen LogP contribution in [0.4, 0.5) is 0 Å². The van der Waals surface area contributed by atoms with Gasteiger partial charge >= 0.3 is 0 Å². The number of methoxy groups -OCH3 is 1. The average Bonchev–Trinajstić information content (AvgIpc) is 2.16. The molecule has 0 aromatic heterocycles. The number of ketones is 1. The Morgan fingerprint density at radius 1 is 1.27 bits per heavy atom. The summed E-state index contributed by atoms with van der Waals surface area (Å²) in [6.45, 7) is 5.78. The van der Waals surface area contributed by atoms with Gasteiger partial charge in [-0.1, -0.05) is 6.92 Å². The summed E-state index contributed by atoms with van der Waals surface area (Å²) in [5.74, 6) is 0.157. The first kappa shape index (κ1) is 14.6. The number of hydrogen-bond acceptors (Lipinski definition) is 4. The Morgan fingerprint density at radius 2 is 1.93 bits per heavy atom. The van der Waals surface area contributed by atoms with Gasteiger partial charge in [-0.15, -0.1) is 0 Å². The van der Waals surface area contributed by atoms with Crippen LogP contribution in [-0.2, 0) is 9.53 Å². The highest BCUT2D eigenvalue weighted by Crippen LogP contribution is 1.93. The highest BCUT2D eigenvalue weighted by Gasteiger charge is 2.08. The van der Waals surface area contributed by atoms with E-state index in [1.54, 1.807) is 7.11 Å². The predicted octanol–water partition coefficient (Wildman–Crippen LogP) is 0.476. The van der Waals surface area contributed by atoms with Gasteiger partial charge in [0, 0.05) is 7.11 Å². The third kappa shape index (κ3) is 8.54. The zero-order valence-corrected chi connectivity index (χ0v) is 10.5. The van der Waals surface area contributed by atoms with Gasteiger partial charge in [0.1, 0.15) is 6.61 Å². The Labute approximate surface area is 93.2 Å². The van der Waals surface area contributed by atoms with Crippen molar-refractivity contribution in [2.75, 3.05) is 54.0 Å². The van der Waals surface area contributed by atoms with Crippen LogP contribution in [0.15, 0.2) is 0 Å². The molecule has 0 bridgehead atoms. The maximum Gasteiger partial charge on any atom is 0.172 e. The molecule has 0 saturated heterocycles. The minimum absolute atomic E-state index is 0.157. The van der Waals surface area contributed by atoms with Gasteiger partial charge in [-0.25, -0.2) is 0 Å². The van der Waals surface area contributed by atoms with Crippen molar-refractivity contribution in [1.82, 2.24) is 9.80 Å². The van der Waals surface area contributed by atoms with Crippen LogP contribution in [0.3, 0.4) is 0 Å². The van der Waals surface area contributed by atoms with E-state index in [9.17, 15) is 4.79 Å². The number of Topliss-reactive ketones (excluding diaryl/α,β-unsaturated/α-hetero) is 1. The molecular formula is C11H24N2O2. The van der Waals surface area contributed by atoms with Gasteiger partial charge in [-0.2, -0.15) is 0 Å². The van der Waals surface area contributed by atoms with Crippen molar-refractivity contribution < 1.29 is 9.53 Å². The SMILES string of the molecule is CCN(CCCN(C)C)CC(=O)COC. The van der Waals surface area contributed by atoms with Gasteiger partial charge in [-0.3, -0.25) is 9.69 Å². The molecule has 0 saturated carbocycles. The van der Waals surface area contributed by atoms with Crippen molar-refractivity contribution in [3.63, 3.8) is 0 Å². The number of rotatable bonds is 9. The summed E-state index contributed by atoms with van der Waals surface area (Å²) in [5, 5.41) is 0. The molecule has 0 N–H and O–H groups in total. The smallest absolute Gasteiger partial charge is 0.172 e. The molecule has 0 heterocycles. The summed E-state index contributed by atoms with van der Waals surface area (Å²) in [6, 6.07) is 0. The number of ether oxygens (including phenoxy) is 1. The normalized spacial score (nSPS) is 11.3. The van der Waals surface area contributed by atoms with Crippen LogP contribution in [0.5, 0.6) is 0 Å². The first-order chi connectivity index (χ1) is 7.10. The summed E-state index contributed by atoms with van der Waals surface area (Å²) in [6.07, 6.45) is 1.10. The summed E-state index contributed by atoms with van der Waals surface area (Å²) in [4.78, 5) is 15.6. The molecule has 0 aromatic carbocycles. The van der Waals surface area contributed by atoms with Crippen molar-refractivity contribution in [3.05, 3.63) is 0 Å². The second-order valence-corrected chi connectivity index (χ2v) is 4.00. The minimum atomic E-state index is 0.157. The van der Waals surface area contributed by atoms with Gasteiger partial charge < -0.3 is 9.64 Å². The van der Waals surface area contributed by atoms with Crippen molar-refractivity contribution in [3.8, 4) is 0 Å². The van der Waals surface area contributed by atoms with E-state index in [2.05, 4.69) is 30.8 Å². The topological polar surface area (TPSA) is 32.8 Å². The van der Waals surface area contributed by atoms with Crippen molar-refractivity contribution >= 4 is 5.78 Å². The van der Waals surface area contributed by atoms with Crippen LogP contribution >= 0.6 is 0 Å². The van der Waals surface area contributed by atoms with Crippen molar-refractivity contribution in [2.24, 2.45) is 0 Å². The zero-order chi connectivity index (χ0) is 11.7. The number of likely N-dealkylation sites (N-methyl/N-ethyl adjacent to an activating group) is 1. The lowest BCUT2D eigenvalue weighted by Crippen LogP contribution is -2.33. The molecule has 0 spiro atoms. The largest absolute Gasteiger partial charge is 0.377 e. The first-order valence-electron chi connectivity index (χ1n) is 5.47. The number of hydrogen-bond donors (Lipinski definition) is 0. The van der Waals surface area contributed by atoms with Crippen LogP contribution in [-0.4, -0.2) is 69.6 Å². The fraction of sp³-hybridized carbons (Fsp3) is 0.909. The summed E-state index contributed by atoms with van der Waals surface area (Å²) in [7, 11) is 5.68. The van der Waals surface area contributed by atoms with E-state index in [4.69, 9.17) is 4.74 Å². The van der Waals surface area contributed by atoms with Gasteiger partial charge in [-0.05, 0) is 40.2 Å². The van der Waals surface area contributed by atoms with E-state index >= 15 is 0 Å². The van der Waals surface area contributed by atoms with Gasteiger partial charge in [0.25, 0.3) is 0 Å². The average molecular weight is 216 g/mol. The van der Waals surface area contributed by atoms with E-state index in [1.165, 1.54) is 0 Å². The maximum absolute atomic E-state index is 11.3. The second kappa shape index (κ2) is 8.83. The van der Waals surface area contributed by atoms with E-state index in [0.29, 0.717) is 6.54 Å². The Bertz CT molecular complexity index is 172. The molecular weight excluding hydrogens is 192 g/mol. The third-order valence-electron chi connectivity index (χ3n) is 2.23. The molecule has 15 heavy (non-hydrogen) atoms. The number of carbonyl (C=O) groups excluding carboxylic acids is 1. The van der Waals surface area contributed by atoms with Crippen LogP contribution < -0.4 is 0 Å². The van der Waals surface area contributed by atoms with E-state index in [0.717, 1.165) is 26.1 Å². The third-order valence-corrected chi connectivity index (χ3v) is 2.23. The maximum atomic E-state index is 11.3. The Morgan fingerprint density at radius 3 is 2.40 bits per heavy atom. The molecule has 4 nitrogen and oxygen atoms in total. The molecule has 0 radical (unpaired) electrons. The lowest BCUT2D eigenvalue weighted by molar-refractivity contribution is -0.123. The van der Waals surface area contributed by atoms with Crippen LogP contribution in [0.2, 0.25) is 0 Å². The molecule has 0 aromatic rings. The Kier molecular flexibility index (Phi) is 8.56. The Balaban J connectivity index is 3.67. The Hall–Kier alpha value is -0.450. The summed E-state index contributed by atoms with van der Waals surface area (Å²) in [5.41, 5.74) is 0. The molecule has 90 valence electrons. The van der Waals surface area contributed by atoms with Crippen molar-refractivity contribution in [2.45, 2.75) is 13.3 Å². The zero-order valence-electron chi connectivity index (χ0n) is 10.5. The molecule has 0 unspecified atom stereocenters. The van der Waals surface area contributed by atoms with Crippen LogP contribution in [0, 0.1) is 0 Å². The minimum Gasteiger partial charge on any atom is -0.377 e. The highest BCUT2D eigenvalue weighted by atomic mass is 16.5. The number of nitrogens with zero attached hydrogens (tertiary/aromatic N) is 2. The second-order valence-electron chi connectivity index (χ2n) is 4.00. The molecule has 0 aliphatic carbocycles. The standard InChI is InChI=1S/C11H24N2O2/c1-5-13(8-6-7-12(2)3)9-11(14)10-15-4/h5-10H2,1-4H3. The molecule has 4 heteroatoms. The van der Waals surface area contributed by atoms with Crippen LogP contribution in [0.25, 0.3) is 0 Å². The van der Waals surface area contributed by atoms with Gasteiger partial charge in [0.15, 0.2) is 5.78 Å². The number of carbonyl (C=O) groups is 1. The molecule has 0 aliphatic heterocycles. The quantitative estimate of drug-likeness (QED) is 0.561. The fourth-order valence-electron chi connectivity index (χ4n) is 1.42. The molecule has 0 aliphatic rings. The van der Waals surface area contributed by atoms with E-state index < -0.39 is 0 Å². The monoisotopic (exact) mass is 216 g/mol. The first-order valence-corrected chi connectivity index (χ1v) is 5.47. The van der Waals surface area contributed by atoms with Crippen LogP contribution in [0.1, 0.15) is 13.3 Å². The summed E-state index contributed by atoms with van der Waals surface area (Å²) < 4.78 is 4.81.